The lowest BCUT2D eigenvalue weighted by molar-refractivity contribution is -0.148. The fourth-order valence-electron chi connectivity index (χ4n) is 4.32. The Morgan fingerprint density at radius 2 is 1.47 bits per heavy atom. The molecule has 0 heterocycles. The molecule has 0 fully saturated rings. The number of aryl methyl sites for hydroxylation is 2. The molecule has 0 amide bonds. The maximum Gasteiger partial charge on any atom is 0.334 e. The molecule has 0 atom stereocenters. The third kappa shape index (κ3) is 3.46. The van der Waals surface area contributed by atoms with E-state index in [0.717, 1.165) is 35.1 Å². The van der Waals surface area contributed by atoms with Crippen molar-refractivity contribution in [3.8, 4) is 0 Å². The van der Waals surface area contributed by atoms with E-state index in [2.05, 4.69) is 30.8 Å². The van der Waals surface area contributed by atoms with Crippen molar-refractivity contribution in [2.24, 2.45) is 0 Å². The van der Waals surface area contributed by atoms with Crippen molar-refractivity contribution in [1.29, 1.82) is 0 Å². The molecule has 30 heavy (non-hydrogen) atoms. The Hall–Kier alpha value is -3.17. The molecular weight excluding hydrogens is 372 g/mol. The van der Waals surface area contributed by atoms with Crippen LogP contribution in [0.5, 0.6) is 0 Å². The number of aliphatic hydroxyl groups is 1. The second-order valence-electron chi connectivity index (χ2n) is 7.84. The second kappa shape index (κ2) is 8.29. The van der Waals surface area contributed by atoms with Crippen LogP contribution in [0.25, 0.3) is 0 Å². The van der Waals surface area contributed by atoms with Gasteiger partial charge in [-0.15, -0.1) is 0 Å². The number of carbonyl (C=O) groups is 1. The minimum Gasteiger partial charge on any atom is -0.441 e. The van der Waals surface area contributed by atoms with Crippen molar-refractivity contribution < 1.29 is 14.6 Å². The first kappa shape index (κ1) is 20.1. The van der Waals surface area contributed by atoms with Crippen LogP contribution in [0.4, 0.5) is 0 Å². The van der Waals surface area contributed by atoms with E-state index in [-0.39, 0.29) is 6.61 Å². The summed E-state index contributed by atoms with van der Waals surface area (Å²) in [5.74, 6) is -0.416. The standard InChI is InChI=1S/C27H26O3/c1-19(2)26(29)30-27(23-15-11-20(12-16-23)17-18-28)24-9-5-3-7-21(24)13-14-22-8-4-6-10-25(22)27/h3-12,15-16,28H,1,13-14,17-18H2,2H3. The van der Waals surface area contributed by atoms with Crippen LogP contribution in [0.3, 0.4) is 0 Å². The SMILES string of the molecule is C=C(C)C(=O)OC1(c2ccc(CCO)cc2)c2ccccc2CCc2ccccc21. The molecule has 1 aliphatic carbocycles. The maximum absolute atomic E-state index is 12.9. The van der Waals surface area contributed by atoms with Gasteiger partial charge in [-0.1, -0.05) is 79.4 Å². The van der Waals surface area contributed by atoms with Crippen LogP contribution < -0.4 is 0 Å². The Kier molecular flexibility index (Phi) is 5.56. The number of fused-ring (bicyclic) bond motifs is 2. The number of hydrogen-bond acceptors (Lipinski definition) is 3. The average molecular weight is 399 g/mol. The van der Waals surface area contributed by atoms with E-state index in [4.69, 9.17) is 4.74 Å². The van der Waals surface area contributed by atoms with E-state index in [1.165, 1.54) is 11.1 Å². The summed E-state index contributed by atoms with van der Waals surface area (Å²) in [5.41, 5.74) is 5.55. The molecule has 3 heteroatoms. The van der Waals surface area contributed by atoms with Gasteiger partial charge in [0, 0.05) is 28.9 Å². The largest absolute Gasteiger partial charge is 0.441 e. The van der Waals surface area contributed by atoms with Gasteiger partial charge in [-0.3, -0.25) is 0 Å². The monoisotopic (exact) mass is 398 g/mol. The van der Waals surface area contributed by atoms with Crippen molar-refractivity contribution in [3.63, 3.8) is 0 Å². The number of hydrogen-bond donors (Lipinski definition) is 1. The first-order valence-corrected chi connectivity index (χ1v) is 10.3. The van der Waals surface area contributed by atoms with Crippen molar-refractivity contribution in [3.05, 3.63) is 118 Å². The highest BCUT2D eigenvalue weighted by Gasteiger charge is 2.44. The summed E-state index contributed by atoms with van der Waals surface area (Å²) in [7, 11) is 0. The molecule has 0 spiro atoms. The highest BCUT2D eigenvalue weighted by atomic mass is 16.6. The predicted molar refractivity (Wildman–Crippen MR) is 118 cm³/mol. The molecule has 1 aliphatic rings. The number of aliphatic hydroxyl groups excluding tert-OH is 1. The van der Waals surface area contributed by atoms with Crippen LogP contribution in [0, 0.1) is 0 Å². The molecular formula is C27H26O3. The Labute approximate surface area is 177 Å². The lowest BCUT2D eigenvalue weighted by Crippen LogP contribution is -2.36. The summed E-state index contributed by atoms with van der Waals surface area (Å²) in [5, 5.41) is 9.29. The van der Waals surface area contributed by atoms with Crippen LogP contribution in [0.15, 0.2) is 84.9 Å². The molecule has 0 saturated heterocycles. The topological polar surface area (TPSA) is 46.5 Å². The number of carbonyl (C=O) groups excluding carboxylic acids is 1. The summed E-state index contributed by atoms with van der Waals surface area (Å²) in [6, 6.07) is 24.4. The van der Waals surface area contributed by atoms with Crippen molar-refractivity contribution in [2.45, 2.75) is 31.8 Å². The van der Waals surface area contributed by atoms with Gasteiger partial charge in [0.2, 0.25) is 0 Å². The van der Waals surface area contributed by atoms with Gasteiger partial charge < -0.3 is 9.84 Å². The summed E-state index contributed by atoms with van der Waals surface area (Å²) in [6.45, 7) is 5.59. The molecule has 3 aromatic rings. The first-order chi connectivity index (χ1) is 14.6. The van der Waals surface area contributed by atoms with Crippen LogP contribution in [0.2, 0.25) is 0 Å². The third-order valence-corrected chi connectivity index (χ3v) is 5.81. The molecule has 3 nitrogen and oxygen atoms in total. The molecule has 3 aromatic carbocycles. The highest BCUT2D eigenvalue weighted by Crippen LogP contribution is 2.46. The lowest BCUT2D eigenvalue weighted by atomic mass is 9.77. The van der Waals surface area contributed by atoms with E-state index < -0.39 is 11.6 Å². The molecule has 0 aliphatic heterocycles. The van der Waals surface area contributed by atoms with Gasteiger partial charge >= 0.3 is 5.97 Å². The van der Waals surface area contributed by atoms with Crippen molar-refractivity contribution in [2.75, 3.05) is 6.61 Å². The Morgan fingerprint density at radius 3 is 1.97 bits per heavy atom. The van der Waals surface area contributed by atoms with Crippen LogP contribution >= 0.6 is 0 Å². The highest BCUT2D eigenvalue weighted by molar-refractivity contribution is 5.88. The molecule has 0 radical (unpaired) electrons. The number of rotatable bonds is 5. The zero-order valence-corrected chi connectivity index (χ0v) is 17.2. The summed E-state index contributed by atoms with van der Waals surface area (Å²) >= 11 is 0. The lowest BCUT2D eigenvalue weighted by Gasteiger charge is -2.36. The molecule has 4 rings (SSSR count). The Balaban J connectivity index is 2.03. The van der Waals surface area contributed by atoms with Crippen LogP contribution in [-0.2, 0) is 34.4 Å². The summed E-state index contributed by atoms with van der Waals surface area (Å²) in [6.07, 6.45) is 2.34. The zero-order chi connectivity index (χ0) is 21.1. The fourth-order valence-corrected chi connectivity index (χ4v) is 4.32. The molecule has 0 aromatic heterocycles. The summed E-state index contributed by atoms with van der Waals surface area (Å²) in [4.78, 5) is 12.9. The number of ether oxygens (including phenoxy) is 1. The van der Waals surface area contributed by atoms with Gasteiger partial charge in [-0.2, -0.15) is 0 Å². The molecule has 152 valence electrons. The third-order valence-electron chi connectivity index (χ3n) is 5.81. The minimum atomic E-state index is -1.06. The fraction of sp³-hybridized carbons (Fsp3) is 0.222. The van der Waals surface area contributed by atoms with Gasteiger partial charge in [0.1, 0.15) is 0 Å². The first-order valence-electron chi connectivity index (χ1n) is 10.3. The predicted octanol–water partition coefficient (Wildman–Crippen LogP) is 4.73. The van der Waals surface area contributed by atoms with Crippen molar-refractivity contribution in [1.82, 2.24) is 0 Å². The van der Waals surface area contributed by atoms with Gasteiger partial charge in [-0.25, -0.2) is 4.79 Å². The molecule has 0 saturated carbocycles. The van der Waals surface area contributed by atoms with Crippen LogP contribution in [0.1, 0.15) is 40.3 Å². The van der Waals surface area contributed by atoms with E-state index in [9.17, 15) is 9.90 Å². The van der Waals surface area contributed by atoms with Crippen LogP contribution in [-0.4, -0.2) is 17.7 Å². The van der Waals surface area contributed by atoms with Gasteiger partial charge in [0.15, 0.2) is 5.60 Å². The number of esters is 1. The molecule has 0 unspecified atom stereocenters. The van der Waals surface area contributed by atoms with E-state index >= 15 is 0 Å². The Bertz CT molecular complexity index is 1030. The maximum atomic E-state index is 12.9. The van der Waals surface area contributed by atoms with E-state index in [1.807, 2.05) is 48.5 Å². The smallest absolute Gasteiger partial charge is 0.334 e. The zero-order valence-electron chi connectivity index (χ0n) is 17.2. The second-order valence-corrected chi connectivity index (χ2v) is 7.84. The average Bonchev–Trinajstić information content (AvgIpc) is 2.90. The normalized spacial score (nSPS) is 14.2. The van der Waals surface area contributed by atoms with E-state index in [0.29, 0.717) is 12.0 Å². The number of benzene rings is 3. The Morgan fingerprint density at radius 1 is 0.933 bits per heavy atom. The molecule has 0 bridgehead atoms. The van der Waals surface area contributed by atoms with Gasteiger partial charge in [0.25, 0.3) is 0 Å². The quantitative estimate of drug-likeness (QED) is 0.499. The summed E-state index contributed by atoms with van der Waals surface area (Å²) < 4.78 is 6.37. The van der Waals surface area contributed by atoms with Crippen molar-refractivity contribution >= 4 is 5.97 Å². The van der Waals surface area contributed by atoms with Gasteiger partial charge in [-0.05, 0) is 42.9 Å². The van der Waals surface area contributed by atoms with E-state index in [1.54, 1.807) is 6.92 Å². The molecule has 1 N–H and O–H groups in total. The minimum absolute atomic E-state index is 0.0980. The van der Waals surface area contributed by atoms with Gasteiger partial charge in [0.05, 0.1) is 0 Å².